The lowest BCUT2D eigenvalue weighted by molar-refractivity contribution is -0.178. The molecule has 0 atom stereocenters. The van der Waals surface area contributed by atoms with Gasteiger partial charge in [-0.25, -0.2) is 8.78 Å². The van der Waals surface area contributed by atoms with Crippen molar-refractivity contribution in [3.63, 3.8) is 0 Å². The normalized spacial score (nSPS) is 15.1. The highest BCUT2D eigenvalue weighted by Gasteiger charge is 2.34. The minimum atomic E-state index is -2.50. The number of alkyl halides is 2. The van der Waals surface area contributed by atoms with E-state index in [9.17, 15) is 8.78 Å². The average Bonchev–Trinajstić information content (AvgIpc) is 1.59. The summed E-state index contributed by atoms with van der Waals surface area (Å²) in [6, 6.07) is 59.8. The Morgan fingerprint density at radius 1 is 0.413 bits per heavy atom. The summed E-state index contributed by atoms with van der Waals surface area (Å²) in [5.41, 5.74) is 11.1. The van der Waals surface area contributed by atoms with Gasteiger partial charge in [0.25, 0.3) is 0 Å². The molecule has 0 amide bonds. The van der Waals surface area contributed by atoms with Crippen LogP contribution in [0.5, 0.6) is 0 Å². The van der Waals surface area contributed by atoms with Crippen molar-refractivity contribution in [2.75, 3.05) is 14.2 Å². The molecule has 9 rings (SSSR count). The highest BCUT2D eigenvalue weighted by molar-refractivity contribution is 8.18. The molecule has 520 valence electrons. The Balaban J connectivity index is 0. The Morgan fingerprint density at radius 2 is 0.652 bits per heavy atom. The van der Waals surface area contributed by atoms with E-state index in [-0.39, 0.29) is 14.9 Å². The van der Waals surface area contributed by atoms with E-state index >= 15 is 0 Å². The predicted octanol–water partition coefficient (Wildman–Crippen LogP) is 29.3. The molecule has 0 N–H and O–H groups in total. The minimum absolute atomic E-state index is 0.0858. The lowest BCUT2D eigenvalue weighted by Gasteiger charge is -2.28. The number of hydrogen-bond acceptors (Lipinski definition) is 4. The fourth-order valence-electron chi connectivity index (χ4n) is 9.29. The number of halogens is 2. The topological polar surface area (TPSA) is 18.5 Å². The molecule has 0 aliphatic heterocycles. The van der Waals surface area contributed by atoms with E-state index in [1.165, 1.54) is 134 Å². The van der Waals surface area contributed by atoms with E-state index < -0.39 is 18.1 Å². The summed E-state index contributed by atoms with van der Waals surface area (Å²) >= 11 is 3.81. The maximum absolute atomic E-state index is 11.0. The molecule has 6 aromatic rings. The molecule has 3 aliphatic rings. The number of ether oxygens (including phenoxy) is 2. The van der Waals surface area contributed by atoms with Crippen molar-refractivity contribution in [1.82, 2.24) is 0 Å². The molecule has 2 nitrogen and oxygen atoms in total. The standard InChI is InChI=1S/C15H16S2.C15H14.C15H16.C8H16.C7H14.C7H16.C5H12O2.C5H12.C3H6F2.2C3H8/c1-15(2,16-13-9-5-3-6-10-13)17-14-11-7-4-8-12-14;1-15(2)13-9-5-3-7-11(13)12-8-4-6-10-14(12)15;1-15(2,13-9-5-3-6-10-13)14-11-7-4-8-12-14;1-8(2)6-4-3-5-7-8;1-7(2)5-3-4-6-7;1-5-7(3,4)6-2;1-5(2,6-3)7-4;1-5(2,3)4;1-3(2,4)5;2*1-3-2/h3-12H,1-2H3;3-10H,1-2H3;3-12H,1-2H3;3-7H2,1-2H3;3-6H2,1-2H3;5-6H2,1-4H3;1-4H3;1-4H3;1-2H3;2*3H2,1-2H3/i;;;;;;;;;3D2;. The largest absolute Gasteiger partial charge is 0.354 e. The van der Waals surface area contributed by atoms with Gasteiger partial charge >= 0.3 is 0 Å². The SMILES string of the molecule is CC(C)(C)C.CC(C)(F)F.CC(C)(Sc1ccccc1)Sc1ccccc1.CC(C)(c1ccccc1)c1ccccc1.CC1(C)CCCC1.CC1(C)CCCCC1.CC1(C)c2ccccc2-c2ccccc21.CCC.CCC(C)(C)CC.COC(C)(C)OC.[2H]C([2H])(C)C. The van der Waals surface area contributed by atoms with Gasteiger partial charge in [-0.2, -0.15) is 0 Å². The zero-order chi connectivity index (χ0) is 72.7. The maximum Gasteiger partial charge on any atom is 0.242 e. The van der Waals surface area contributed by atoms with Crippen molar-refractivity contribution in [2.24, 2.45) is 21.7 Å². The highest BCUT2D eigenvalue weighted by atomic mass is 32.2. The molecule has 2 fully saturated rings. The van der Waals surface area contributed by atoms with Crippen LogP contribution in [0.2, 0.25) is 0 Å². The minimum Gasteiger partial charge on any atom is -0.354 e. The summed E-state index contributed by atoms with van der Waals surface area (Å²) in [5, 5.41) is 0. The third-order valence-corrected chi connectivity index (χ3v) is 18.3. The monoisotopic (exact) mass is 1310 g/mol. The molecule has 0 saturated heterocycles. The van der Waals surface area contributed by atoms with Crippen LogP contribution in [0.3, 0.4) is 0 Å². The van der Waals surface area contributed by atoms with Crippen LogP contribution in [0.4, 0.5) is 8.78 Å². The van der Waals surface area contributed by atoms with Crippen molar-refractivity contribution in [2.45, 2.75) is 300 Å². The number of benzene rings is 6. The van der Waals surface area contributed by atoms with Crippen LogP contribution in [0, 0.1) is 21.7 Å². The van der Waals surface area contributed by atoms with Crippen molar-refractivity contribution in [3.05, 3.63) is 192 Å². The second kappa shape index (κ2) is 45.3. The molecule has 0 aromatic heterocycles. The first-order valence-electron chi connectivity index (χ1n) is 35.4. The van der Waals surface area contributed by atoms with E-state index in [1.807, 2.05) is 37.4 Å². The summed E-state index contributed by atoms with van der Waals surface area (Å²) in [6.07, 6.45) is 16.0. The first kappa shape index (κ1) is 85.8. The Morgan fingerprint density at radius 3 is 0.859 bits per heavy atom. The zero-order valence-electron chi connectivity index (χ0n) is 66.0. The van der Waals surface area contributed by atoms with Gasteiger partial charge in [0.1, 0.15) is 0 Å². The molecule has 6 aromatic carbocycles. The van der Waals surface area contributed by atoms with Gasteiger partial charge in [0.05, 0.1) is 4.08 Å². The third-order valence-electron chi connectivity index (χ3n) is 15.8. The Hall–Kier alpha value is -4.20. The molecular formula is C86H138F2O2S2. The molecule has 2 saturated carbocycles. The second-order valence-electron chi connectivity index (χ2n) is 30.6. The van der Waals surface area contributed by atoms with Gasteiger partial charge in [0, 0.05) is 37.6 Å². The molecule has 92 heavy (non-hydrogen) atoms. The molecule has 3 aliphatic carbocycles. The van der Waals surface area contributed by atoms with Crippen LogP contribution >= 0.6 is 23.5 Å². The van der Waals surface area contributed by atoms with Crippen molar-refractivity contribution in [1.29, 1.82) is 0 Å². The first-order chi connectivity index (χ1) is 43.1. The van der Waals surface area contributed by atoms with Gasteiger partial charge in [0.2, 0.25) is 5.92 Å². The van der Waals surface area contributed by atoms with E-state index in [1.54, 1.807) is 14.2 Å². The number of rotatable bonds is 10. The Kier molecular flexibility index (Phi) is 42.2. The Labute approximate surface area is 580 Å². The van der Waals surface area contributed by atoms with E-state index in [4.69, 9.17) is 12.2 Å². The predicted molar refractivity (Wildman–Crippen MR) is 413 cm³/mol. The summed E-state index contributed by atoms with van der Waals surface area (Å²) in [6.45, 7) is 53.7. The summed E-state index contributed by atoms with van der Waals surface area (Å²) < 4.78 is 45.1. The number of methoxy groups -OCH3 is 2. The molecule has 6 heteroatoms. The summed E-state index contributed by atoms with van der Waals surface area (Å²) in [5.74, 6) is -2.92. The quantitative estimate of drug-likeness (QED) is 0.100. The average molecular weight is 1310 g/mol. The van der Waals surface area contributed by atoms with Crippen LogP contribution in [-0.2, 0) is 20.3 Å². The highest BCUT2D eigenvalue weighted by Crippen LogP contribution is 2.48. The van der Waals surface area contributed by atoms with Gasteiger partial charge in [-0.1, -0.05) is 342 Å². The fourth-order valence-corrected chi connectivity index (χ4v) is 11.8. The molecule has 0 radical (unpaired) electrons. The Bertz CT molecular complexity index is 2580. The number of thioether (sulfide) groups is 2. The van der Waals surface area contributed by atoms with Crippen LogP contribution in [0.1, 0.15) is 288 Å². The lowest BCUT2D eigenvalue weighted by atomic mass is 9.78. The van der Waals surface area contributed by atoms with E-state index in [0.29, 0.717) is 21.7 Å². The number of fused-ring (bicyclic) bond motifs is 3. The van der Waals surface area contributed by atoms with Crippen LogP contribution in [0.25, 0.3) is 11.1 Å². The maximum atomic E-state index is 11.0. The van der Waals surface area contributed by atoms with E-state index in [0.717, 1.165) is 13.8 Å². The molecule has 0 spiro atoms. The second-order valence-corrected chi connectivity index (χ2v) is 34.3. The van der Waals surface area contributed by atoms with Crippen LogP contribution in [0.15, 0.2) is 180 Å². The molecule has 0 heterocycles. The smallest absolute Gasteiger partial charge is 0.242 e. The van der Waals surface area contributed by atoms with E-state index in [2.05, 4.69) is 308 Å². The molecule has 0 bridgehead atoms. The summed E-state index contributed by atoms with van der Waals surface area (Å²) in [4.78, 5) is 2.64. The molecular weight excluding hydrogens is 1170 g/mol. The summed E-state index contributed by atoms with van der Waals surface area (Å²) in [7, 11) is 3.23. The van der Waals surface area contributed by atoms with Gasteiger partial charge < -0.3 is 9.47 Å². The van der Waals surface area contributed by atoms with Crippen molar-refractivity contribution >= 4 is 23.5 Å². The van der Waals surface area contributed by atoms with Crippen LogP contribution in [-0.4, -0.2) is 30.0 Å². The molecule has 0 unspecified atom stereocenters. The zero-order valence-corrected chi connectivity index (χ0v) is 65.7. The van der Waals surface area contributed by atoms with Crippen molar-refractivity contribution < 1.29 is 21.0 Å². The number of hydrogen-bond donors (Lipinski definition) is 0. The lowest BCUT2D eigenvalue weighted by Crippen LogP contribution is -2.24. The van der Waals surface area contributed by atoms with Gasteiger partial charge in [-0.05, 0) is 147 Å². The van der Waals surface area contributed by atoms with Gasteiger partial charge in [-0.15, -0.1) is 23.5 Å². The van der Waals surface area contributed by atoms with Crippen molar-refractivity contribution in [3.8, 4) is 11.1 Å². The van der Waals surface area contributed by atoms with Gasteiger partial charge in [0.15, 0.2) is 5.79 Å². The third kappa shape index (κ3) is 43.7. The fraction of sp³-hybridized carbons (Fsp3) is 0.581. The van der Waals surface area contributed by atoms with Crippen LogP contribution < -0.4 is 0 Å². The van der Waals surface area contributed by atoms with Gasteiger partial charge in [-0.3, -0.25) is 0 Å². The first-order valence-corrected chi connectivity index (χ1v) is 36.0.